The average molecular weight is 457 g/mol. The van der Waals surface area contributed by atoms with Crippen molar-refractivity contribution in [3.63, 3.8) is 0 Å². The van der Waals surface area contributed by atoms with Gasteiger partial charge in [-0.1, -0.05) is 12.1 Å². The van der Waals surface area contributed by atoms with Gasteiger partial charge in [-0.15, -0.1) is 0 Å². The predicted octanol–water partition coefficient (Wildman–Crippen LogP) is 4.10. The summed E-state index contributed by atoms with van der Waals surface area (Å²) in [5.41, 5.74) is 4.24. The van der Waals surface area contributed by atoms with E-state index in [-0.39, 0.29) is 18.5 Å². The van der Waals surface area contributed by atoms with E-state index in [1.54, 1.807) is 23.2 Å². The Bertz CT molecular complexity index is 1150. The molecule has 0 saturated carbocycles. The number of hydrogen-bond acceptors (Lipinski definition) is 7. The number of carbonyl (C=O) groups is 1. The number of benzene rings is 2. The van der Waals surface area contributed by atoms with E-state index in [9.17, 15) is 4.79 Å². The van der Waals surface area contributed by atoms with Crippen LogP contribution in [0.4, 0.5) is 17.3 Å². The fourth-order valence-electron chi connectivity index (χ4n) is 3.80. The van der Waals surface area contributed by atoms with Crippen LogP contribution in [0.15, 0.2) is 60.8 Å². The van der Waals surface area contributed by atoms with Gasteiger partial charge in [0.1, 0.15) is 6.54 Å². The number of amides is 1. The Labute approximate surface area is 199 Å². The number of ether oxygens (including phenoxy) is 1. The zero-order chi connectivity index (χ0) is 23.9. The van der Waals surface area contributed by atoms with Crippen LogP contribution in [0.5, 0.6) is 0 Å². The molecule has 1 N–H and O–H groups in total. The van der Waals surface area contributed by atoms with Gasteiger partial charge in [0.25, 0.3) is 5.91 Å². The van der Waals surface area contributed by atoms with Crippen LogP contribution in [-0.4, -0.2) is 59.7 Å². The van der Waals surface area contributed by atoms with Crippen molar-refractivity contribution in [2.45, 2.75) is 19.9 Å². The lowest BCUT2D eigenvalue weighted by Crippen LogP contribution is -2.37. The summed E-state index contributed by atoms with van der Waals surface area (Å²) in [7, 11) is 0. The molecule has 0 unspecified atom stereocenters. The molecule has 0 spiro atoms. The monoisotopic (exact) mass is 456 g/mol. The van der Waals surface area contributed by atoms with E-state index in [1.165, 1.54) is 5.69 Å². The lowest BCUT2D eigenvalue weighted by atomic mass is 10.1. The van der Waals surface area contributed by atoms with E-state index in [1.807, 2.05) is 44.2 Å². The first-order valence-corrected chi connectivity index (χ1v) is 11.4. The standard InChI is InChI=1S/C26H28N6O2/c1-19(2)32(14-12-27)25(33)21-5-3-20(4-6-21)24-11-13-28-26(30-24)29-22-7-9-23(10-8-22)31-15-17-34-18-16-31/h3-11,13,19H,14-18H2,1-2H3,(H,28,29,30). The van der Waals surface area contributed by atoms with Crippen LogP contribution >= 0.6 is 0 Å². The maximum Gasteiger partial charge on any atom is 0.254 e. The van der Waals surface area contributed by atoms with Gasteiger partial charge < -0.3 is 19.9 Å². The van der Waals surface area contributed by atoms with Gasteiger partial charge in [-0.25, -0.2) is 9.97 Å². The Morgan fingerprint density at radius 2 is 1.82 bits per heavy atom. The molecule has 8 nitrogen and oxygen atoms in total. The summed E-state index contributed by atoms with van der Waals surface area (Å²) in [6, 6.07) is 19.3. The third kappa shape index (κ3) is 5.50. The second-order valence-corrected chi connectivity index (χ2v) is 8.30. The SMILES string of the molecule is CC(C)N(CC#N)C(=O)c1ccc(-c2ccnc(Nc3ccc(N4CCOCC4)cc3)n2)cc1. The average Bonchev–Trinajstić information content (AvgIpc) is 2.88. The normalized spacial score (nSPS) is 13.4. The van der Waals surface area contributed by atoms with Crippen molar-refractivity contribution in [2.75, 3.05) is 43.1 Å². The Balaban J connectivity index is 1.45. The molecule has 3 aromatic rings. The molecule has 34 heavy (non-hydrogen) atoms. The van der Waals surface area contributed by atoms with Gasteiger partial charge >= 0.3 is 0 Å². The van der Waals surface area contributed by atoms with Crippen molar-refractivity contribution < 1.29 is 9.53 Å². The Hall–Kier alpha value is -3.96. The molecule has 2 aromatic carbocycles. The van der Waals surface area contributed by atoms with Crippen LogP contribution in [0, 0.1) is 11.3 Å². The van der Waals surface area contributed by atoms with Crippen molar-refractivity contribution in [1.82, 2.24) is 14.9 Å². The molecule has 1 saturated heterocycles. The summed E-state index contributed by atoms with van der Waals surface area (Å²) >= 11 is 0. The highest BCUT2D eigenvalue weighted by molar-refractivity contribution is 5.95. The lowest BCUT2D eigenvalue weighted by molar-refractivity contribution is 0.0731. The van der Waals surface area contributed by atoms with Crippen LogP contribution in [0.2, 0.25) is 0 Å². The first-order valence-electron chi connectivity index (χ1n) is 11.4. The van der Waals surface area contributed by atoms with Crippen molar-refractivity contribution in [3.05, 3.63) is 66.4 Å². The van der Waals surface area contributed by atoms with Gasteiger partial charge in [-0.2, -0.15) is 5.26 Å². The maximum absolute atomic E-state index is 12.7. The minimum Gasteiger partial charge on any atom is -0.378 e. The molecule has 1 fully saturated rings. The van der Waals surface area contributed by atoms with Gasteiger partial charge in [-0.3, -0.25) is 4.79 Å². The summed E-state index contributed by atoms with van der Waals surface area (Å²) in [5, 5.41) is 12.3. The number of nitrogens with one attached hydrogen (secondary N) is 1. The largest absolute Gasteiger partial charge is 0.378 e. The maximum atomic E-state index is 12.7. The smallest absolute Gasteiger partial charge is 0.254 e. The quantitative estimate of drug-likeness (QED) is 0.535. The molecule has 1 aromatic heterocycles. The predicted molar refractivity (Wildman–Crippen MR) is 132 cm³/mol. The first kappa shape index (κ1) is 23.2. The number of morpholine rings is 1. The van der Waals surface area contributed by atoms with E-state index in [4.69, 9.17) is 10.00 Å². The molecule has 0 aliphatic carbocycles. The topological polar surface area (TPSA) is 94.4 Å². The highest BCUT2D eigenvalue weighted by atomic mass is 16.5. The summed E-state index contributed by atoms with van der Waals surface area (Å²) in [6.45, 7) is 7.17. The summed E-state index contributed by atoms with van der Waals surface area (Å²) < 4.78 is 5.42. The van der Waals surface area contributed by atoms with Gasteiger partial charge in [0.15, 0.2) is 0 Å². The molecular formula is C26H28N6O2. The number of anilines is 3. The number of aromatic nitrogens is 2. The fraction of sp³-hybridized carbons (Fsp3) is 0.308. The second-order valence-electron chi connectivity index (χ2n) is 8.30. The lowest BCUT2D eigenvalue weighted by Gasteiger charge is -2.28. The third-order valence-electron chi connectivity index (χ3n) is 5.71. The number of rotatable bonds is 7. The molecule has 8 heteroatoms. The summed E-state index contributed by atoms with van der Waals surface area (Å²) in [4.78, 5) is 25.6. The number of nitriles is 1. The van der Waals surface area contributed by atoms with Crippen LogP contribution in [0.25, 0.3) is 11.3 Å². The highest BCUT2D eigenvalue weighted by Crippen LogP contribution is 2.23. The minimum absolute atomic E-state index is 0.0507. The van der Waals surface area contributed by atoms with Gasteiger partial charge in [0.05, 0.1) is 25.0 Å². The molecule has 0 atom stereocenters. The second kappa shape index (κ2) is 10.8. The Kier molecular flexibility index (Phi) is 7.35. The molecule has 0 bridgehead atoms. The van der Waals surface area contributed by atoms with Gasteiger partial charge in [-0.05, 0) is 56.3 Å². The van der Waals surface area contributed by atoms with Crippen molar-refractivity contribution in [1.29, 1.82) is 5.26 Å². The molecule has 174 valence electrons. The molecule has 1 aliphatic rings. The van der Waals surface area contributed by atoms with Crippen LogP contribution < -0.4 is 10.2 Å². The molecule has 1 aliphatic heterocycles. The molecule has 1 amide bonds. The number of hydrogen-bond donors (Lipinski definition) is 1. The summed E-state index contributed by atoms with van der Waals surface area (Å²) in [5.74, 6) is 0.338. The Morgan fingerprint density at radius 3 is 2.47 bits per heavy atom. The van der Waals surface area contributed by atoms with Gasteiger partial charge in [0, 0.05) is 47.8 Å². The van der Waals surface area contributed by atoms with Crippen LogP contribution in [-0.2, 0) is 4.74 Å². The first-order chi connectivity index (χ1) is 16.5. The Morgan fingerprint density at radius 1 is 1.12 bits per heavy atom. The van der Waals surface area contributed by atoms with Crippen molar-refractivity contribution in [3.8, 4) is 17.3 Å². The molecule has 0 radical (unpaired) electrons. The van der Waals surface area contributed by atoms with Crippen LogP contribution in [0.1, 0.15) is 24.2 Å². The van der Waals surface area contributed by atoms with E-state index < -0.39 is 0 Å². The van der Waals surface area contributed by atoms with Crippen molar-refractivity contribution in [2.24, 2.45) is 0 Å². The van der Waals surface area contributed by atoms with E-state index in [0.717, 1.165) is 43.2 Å². The van der Waals surface area contributed by atoms with E-state index in [2.05, 4.69) is 38.4 Å². The third-order valence-corrected chi connectivity index (χ3v) is 5.71. The molecule has 2 heterocycles. The number of carbonyl (C=O) groups excluding carboxylic acids is 1. The zero-order valence-corrected chi connectivity index (χ0v) is 19.4. The minimum atomic E-state index is -0.159. The molecular weight excluding hydrogens is 428 g/mol. The van der Waals surface area contributed by atoms with Crippen LogP contribution in [0.3, 0.4) is 0 Å². The van der Waals surface area contributed by atoms with E-state index >= 15 is 0 Å². The number of nitrogens with zero attached hydrogens (tertiary/aromatic N) is 5. The summed E-state index contributed by atoms with van der Waals surface area (Å²) in [6.07, 6.45) is 1.71. The molecule has 4 rings (SSSR count). The highest BCUT2D eigenvalue weighted by Gasteiger charge is 2.18. The van der Waals surface area contributed by atoms with Gasteiger partial charge in [0.2, 0.25) is 5.95 Å². The zero-order valence-electron chi connectivity index (χ0n) is 19.4. The van der Waals surface area contributed by atoms with E-state index in [0.29, 0.717) is 11.5 Å². The fourth-order valence-corrected chi connectivity index (χ4v) is 3.80. The van der Waals surface area contributed by atoms with Crippen molar-refractivity contribution >= 4 is 23.2 Å².